The minimum atomic E-state index is 0.0828. The standard InChI is InChI=1S/C15H26N4O/c1-4-6-17-13-8-14(11-16-10-13)18-7-5-15(20)19-9-12(2)3/h8,10-12,17-18H,4-7,9H2,1-3H3,(H,19,20). The third-order valence-corrected chi connectivity index (χ3v) is 2.71. The van der Waals surface area contributed by atoms with Crippen molar-refractivity contribution in [3.63, 3.8) is 0 Å². The number of carbonyl (C=O) groups is 1. The van der Waals surface area contributed by atoms with Gasteiger partial charge in [0.05, 0.1) is 23.8 Å². The lowest BCUT2D eigenvalue weighted by atomic mass is 10.2. The highest BCUT2D eigenvalue weighted by molar-refractivity contribution is 5.76. The summed E-state index contributed by atoms with van der Waals surface area (Å²) in [4.78, 5) is 15.7. The van der Waals surface area contributed by atoms with Crippen LogP contribution in [0.1, 0.15) is 33.6 Å². The summed E-state index contributed by atoms with van der Waals surface area (Å²) in [6.07, 6.45) is 5.12. The average molecular weight is 278 g/mol. The van der Waals surface area contributed by atoms with Crippen molar-refractivity contribution >= 4 is 17.3 Å². The van der Waals surface area contributed by atoms with Gasteiger partial charge in [-0.05, 0) is 18.4 Å². The number of hydrogen-bond acceptors (Lipinski definition) is 4. The third kappa shape index (κ3) is 6.97. The second kappa shape index (κ2) is 9.18. The van der Waals surface area contributed by atoms with Gasteiger partial charge >= 0.3 is 0 Å². The molecule has 0 aliphatic carbocycles. The molecule has 0 bridgehead atoms. The maximum absolute atomic E-state index is 11.6. The number of aromatic nitrogens is 1. The van der Waals surface area contributed by atoms with E-state index >= 15 is 0 Å². The second-order valence-electron chi connectivity index (χ2n) is 5.26. The van der Waals surface area contributed by atoms with Crippen molar-refractivity contribution < 1.29 is 4.79 Å². The van der Waals surface area contributed by atoms with Gasteiger partial charge in [-0.1, -0.05) is 20.8 Å². The van der Waals surface area contributed by atoms with Crippen LogP contribution >= 0.6 is 0 Å². The molecule has 1 heterocycles. The van der Waals surface area contributed by atoms with E-state index in [2.05, 4.69) is 41.7 Å². The lowest BCUT2D eigenvalue weighted by molar-refractivity contribution is -0.120. The second-order valence-corrected chi connectivity index (χ2v) is 5.26. The highest BCUT2D eigenvalue weighted by atomic mass is 16.1. The van der Waals surface area contributed by atoms with E-state index in [4.69, 9.17) is 0 Å². The van der Waals surface area contributed by atoms with Gasteiger partial charge in [0.2, 0.25) is 5.91 Å². The fourth-order valence-electron chi connectivity index (χ4n) is 1.63. The fourth-order valence-corrected chi connectivity index (χ4v) is 1.63. The maximum Gasteiger partial charge on any atom is 0.221 e. The lowest BCUT2D eigenvalue weighted by Crippen LogP contribution is -2.28. The van der Waals surface area contributed by atoms with Gasteiger partial charge in [-0.15, -0.1) is 0 Å². The van der Waals surface area contributed by atoms with Gasteiger partial charge in [-0.3, -0.25) is 9.78 Å². The number of anilines is 2. The van der Waals surface area contributed by atoms with Crippen LogP contribution in [-0.4, -0.2) is 30.5 Å². The molecular weight excluding hydrogens is 252 g/mol. The molecule has 0 aliphatic heterocycles. The number of rotatable bonds is 9. The highest BCUT2D eigenvalue weighted by Crippen LogP contribution is 2.12. The minimum absolute atomic E-state index is 0.0828. The van der Waals surface area contributed by atoms with E-state index in [-0.39, 0.29) is 5.91 Å². The van der Waals surface area contributed by atoms with E-state index in [0.29, 0.717) is 18.9 Å². The van der Waals surface area contributed by atoms with Gasteiger partial charge in [0, 0.05) is 26.1 Å². The molecule has 0 aromatic carbocycles. The van der Waals surface area contributed by atoms with Crippen LogP contribution in [0.3, 0.4) is 0 Å². The Morgan fingerprint density at radius 2 is 1.85 bits per heavy atom. The first-order valence-electron chi connectivity index (χ1n) is 7.31. The molecule has 1 aromatic heterocycles. The van der Waals surface area contributed by atoms with Crippen LogP contribution in [-0.2, 0) is 4.79 Å². The van der Waals surface area contributed by atoms with Gasteiger partial charge in [0.25, 0.3) is 0 Å². The van der Waals surface area contributed by atoms with Crippen molar-refractivity contribution in [1.29, 1.82) is 0 Å². The van der Waals surface area contributed by atoms with Crippen LogP contribution < -0.4 is 16.0 Å². The van der Waals surface area contributed by atoms with Gasteiger partial charge in [0.15, 0.2) is 0 Å². The summed E-state index contributed by atoms with van der Waals surface area (Å²) < 4.78 is 0. The number of nitrogens with zero attached hydrogens (tertiary/aromatic N) is 1. The van der Waals surface area contributed by atoms with Crippen molar-refractivity contribution in [3.8, 4) is 0 Å². The summed E-state index contributed by atoms with van der Waals surface area (Å²) in [6, 6.07) is 2.01. The Bertz CT molecular complexity index is 407. The van der Waals surface area contributed by atoms with Gasteiger partial charge in [0.1, 0.15) is 0 Å². The summed E-state index contributed by atoms with van der Waals surface area (Å²) >= 11 is 0. The van der Waals surface area contributed by atoms with Crippen LogP contribution in [0, 0.1) is 5.92 Å². The number of amides is 1. The molecule has 0 spiro atoms. The SMILES string of the molecule is CCCNc1cncc(NCCC(=O)NCC(C)C)c1. The summed E-state index contributed by atoms with van der Waals surface area (Å²) in [5, 5.41) is 9.40. The fraction of sp³-hybridized carbons (Fsp3) is 0.600. The summed E-state index contributed by atoms with van der Waals surface area (Å²) in [7, 11) is 0. The zero-order valence-corrected chi connectivity index (χ0v) is 12.7. The monoisotopic (exact) mass is 278 g/mol. The predicted octanol–water partition coefficient (Wildman–Crippen LogP) is 2.48. The molecule has 0 atom stereocenters. The van der Waals surface area contributed by atoms with Gasteiger partial charge < -0.3 is 16.0 Å². The summed E-state index contributed by atoms with van der Waals surface area (Å²) in [5.74, 6) is 0.567. The van der Waals surface area contributed by atoms with E-state index in [0.717, 1.165) is 30.9 Å². The Morgan fingerprint density at radius 1 is 1.20 bits per heavy atom. The molecular formula is C15H26N4O. The molecule has 0 unspecified atom stereocenters. The van der Waals surface area contributed by atoms with Crippen molar-refractivity contribution in [2.24, 2.45) is 5.92 Å². The van der Waals surface area contributed by atoms with Crippen LogP contribution in [0.25, 0.3) is 0 Å². The van der Waals surface area contributed by atoms with Crippen molar-refractivity contribution in [3.05, 3.63) is 18.5 Å². The Morgan fingerprint density at radius 3 is 2.45 bits per heavy atom. The van der Waals surface area contributed by atoms with Crippen LogP contribution in [0.5, 0.6) is 0 Å². The van der Waals surface area contributed by atoms with Crippen molar-refractivity contribution in [2.75, 3.05) is 30.3 Å². The molecule has 1 amide bonds. The minimum Gasteiger partial charge on any atom is -0.384 e. The Hall–Kier alpha value is -1.78. The predicted molar refractivity (Wildman–Crippen MR) is 84.0 cm³/mol. The average Bonchev–Trinajstić information content (AvgIpc) is 2.43. The molecule has 5 nitrogen and oxygen atoms in total. The maximum atomic E-state index is 11.6. The van der Waals surface area contributed by atoms with E-state index in [1.807, 2.05) is 6.07 Å². The first kappa shape index (κ1) is 16.3. The number of pyridine rings is 1. The largest absolute Gasteiger partial charge is 0.384 e. The van der Waals surface area contributed by atoms with Gasteiger partial charge in [-0.25, -0.2) is 0 Å². The normalized spacial score (nSPS) is 10.4. The van der Waals surface area contributed by atoms with Crippen molar-refractivity contribution in [2.45, 2.75) is 33.6 Å². The first-order valence-corrected chi connectivity index (χ1v) is 7.31. The van der Waals surface area contributed by atoms with Crippen LogP contribution in [0.15, 0.2) is 18.5 Å². The van der Waals surface area contributed by atoms with Crippen LogP contribution in [0.4, 0.5) is 11.4 Å². The zero-order chi connectivity index (χ0) is 14.8. The molecule has 0 saturated carbocycles. The third-order valence-electron chi connectivity index (χ3n) is 2.71. The Balaban J connectivity index is 2.29. The molecule has 0 radical (unpaired) electrons. The number of hydrogen-bond donors (Lipinski definition) is 3. The lowest BCUT2D eigenvalue weighted by Gasteiger charge is -2.10. The topological polar surface area (TPSA) is 66.0 Å². The Labute approximate surface area is 121 Å². The molecule has 1 aromatic rings. The Kier molecular flexibility index (Phi) is 7.47. The summed E-state index contributed by atoms with van der Waals surface area (Å²) in [5.41, 5.74) is 1.93. The number of nitrogens with one attached hydrogen (secondary N) is 3. The molecule has 20 heavy (non-hydrogen) atoms. The molecule has 3 N–H and O–H groups in total. The molecule has 1 rings (SSSR count). The summed E-state index contributed by atoms with van der Waals surface area (Å²) in [6.45, 7) is 8.57. The van der Waals surface area contributed by atoms with E-state index in [1.54, 1.807) is 12.4 Å². The van der Waals surface area contributed by atoms with Crippen LogP contribution in [0.2, 0.25) is 0 Å². The zero-order valence-electron chi connectivity index (χ0n) is 12.7. The number of carbonyl (C=O) groups excluding carboxylic acids is 1. The molecule has 0 aliphatic rings. The van der Waals surface area contributed by atoms with E-state index < -0.39 is 0 Å². The first-order chi connectivity index (χ1) is 9.61. The molecule has 5 heteroatoms. The molecule has 0 saturated heterocycles. The van der Waals surface area contributed by atoms with Crippen molar-refractivity contribution in [1.82, 2.24) is 10.3 Å². The molecule has 112 valence electrons. The van der Waals surface area contributed by atoms with E-state index in [9.17, 15) is 4.79 Å². The highest BCUT2D eigenvalue weighted by Gasteiger charge is 2.02. The smallest absolute Gasteiger partial charge is 0.221 e. The van der Waals surface area contributed by atoms with Gasteiger partial charge in [-0.2, -0.15) is 0 Å². The molecule has 0 fully saturated rings. The quantitative estimate of drug-likeness (QED) is 0.649. The van der Waals surface area contributed by atoms with E-state index in [1.165, 1.54) is 0 Å².